The number of esters is 1. The molecule has 0 aliphatic carbocycles. The zero-order valence-corrected chi connectivity index (χ0v) is 52.9. The van der Waals surface area contributed by atoms with Crippen molar-refractivity contribution in [2.75, 3.05) is 13.2 Å². The Morgan fingerprint density at radius 2 is 0.603 bits per heavy atom. The van der Waals surface area contributed by atoms with Gasteiger partial charge in [-0.25, -0.2) is 0 Å². The molecule has 0 aromatic rings. The van der Waals surface area contributed by atoms with Crippen LogP contribution in [0.3, 0.4) is 0 Å². The van der Waals surface area contributed by atoms with E-state index in [4.69, 9.17) is 4.74 Å². The molecule has 0 aromatic carbocycles. The minimum absolute atomic E-state index is 0.00864. The topological polar surface area (TPSA) is 95.9 Å². The summed E-state index contributed by atoms with van der Waals surface area (Å²) in [7, 11) is 0. The van der Waals surface area contributed by atoms with Crippen LogP contribution in [0.2, 0.25) is 0 Å². The fraction of sp³-hybridized carbons (Fsp3) is 0.917. The first-order valence-corrected chi connectivity index (χ1v) is 35.6. The summed E-state index contributed by atoms with van der Waals surface area (Å²) in [5, 5.41) is 23.4. The Labute approximate surface area is 488 Å². The lowest BCUT2D eigenvalue weighted by Crippen LogP contribution is -2.45. The summed E-state index contributed by atoms with van der Waals surface area (Å²) in [6, 6.07) is -0.542. The zero-order valence-electron chi connectivity index (χ0n) is 52.9. The van der Waals surface area contributed by atoms with Crippen LogP contribution < -0.4 is 5.32 Å². The maximum Gasteiger partial charge on any atom is 0.305 e. The average Bonchev–Trinajstić information content (AvgIpc) is 3.44. The van der Waals surface area contributed by atoms with E-state index in [0.29, 0.717) is 25.9 Å². The summed E-state index contributed by atoms with van der Waals surface area (Å²) >= 11 is 0. The number of carbonyl (C=O) groups is 2. The Hall–Kier alpha value is -1.66. The predicted molar refractivity (Wildman–Crippen MR) is 343 cm³/mol. The van der Waals surface area contributed by atoms with Crippen LogP contribution in [0.5, 0.6) is 0 Å². The number of nitrogens with one attached hydrogen (secondary N) is 1. The van der Waals surface area contributed by atoms with Gasteiger partial charge in [0.05, 0.1) is 25.4 Å². The number of carbonyl (C=O) groups excluding carboxylic acids is 2. The highest BCUT2D eigenvalue weighted by molar-refractivity contribution is 5.76. The van der Waals surface area contributed by atoms with Crippen molar-refractivity contribution in [1.29, 1.82) is 0 Å². The number of ether oxygens (including phenoxy) is 1. The SMILES string of the molecule is CCCCCCCC/C=C\CCCCCCCC(=O)OCCCCCCCCCCCCCC/C=C\CCCCCCCCCCCCCCC(=O)NC(CO)C(O)CCCCCCCCCCCCCCCCCCCC. The van der Waals surface area contributed by atoms with Gasteiger partial charge in [-0.15, -0.1) is 0 Å². The van der Waals surface area contributed by atoms with Crippen molar-refractivity contribution in [3.05, 3.63) is 24.3 Å². The lowest BCUT2D eigenvalue weighted by Gasteiger charge is -2.22. The van der Waals surface area contributed by atoms with Gasteiger partial charge in [0.1, 0.15) is 0 Å². The smallest absolute Gasteiger partial charge is 0.305 e. The molecule has 0 spiro atoms. The number of allylic oxidation sites excluding steroid dienone is 4. The van der Waals surface area contributed by atoms with E-state index >= 15 is 0 Å². The molecule has 462 valence electrons. The second-order valence-electron chi connectivity index (χ2n) is 24.6. The second-order valence-corrected chi connectivity index (χ2v) is 24.6. The van der Waals surface area contributed by atoms with Crippen LogP contribution in [0.25, 0.3) is 0 Å². The van der Waals surface area contributed by atoms with Crippen molar-refractivity contribution in [1.82, 2.24) is 5.32 Å². The molecule has 6 heteroatoms. The van der Waals surface area contributed by atoms with Gasteiger partial charge in [0, 0.05) is 12.8 Å². The summed E-state index contributed by atoms with van der Waals surface area (Å²) in [5.74, 6) is -0.0225. The molecule has 0 bridgehead atoms. The molecule has 0 heterocycles. The molecule has 0 saturated heterocycles. The highest BCUT2D eigenvalue weighted by Gasteiger charge is 2.20. The van der Waals surface area contributed by atoms with E-state index in [0.717, 1.165) is 44.9 Å². The molecular weight excluding hydrogens is 959 g/mol. The van der Waals surface area contributed by atoms with E-state index in [1.807, 2.05) is 0 Å². The van der Waals surface area contributed by atoms with Gasteiger partial charge in [0.15, 0.2) is 0 Å². The molecule has 6 nitrogen and oxygen atoms in total. The van der Waals surface area contributed by atoms with Crippen molar-refractivity contribution in [3.63, 3.8) is 0 Å². The highest BCUT2D eigenvalue weighted by Crippen LogP contribution is 2.19. The minimum Gasteiger partial charge on any atom is -0.466 e. The average molecular weight is 1100 g/mol. The van der Waals surface area contributed by atoms with Crippen LogP contribution in [0.15, 0.2) is 24.3 Å². The number of unbranched alkanes of at least 4 members (excludes halogenated alkanes) is 52. The van der Waals surface area contributed by atoms with E-state index in [1.54, 1.807) is 0 Å². The Kier molecular flexibility index (Phi) is 66.4. The lowest BCUT2D eigenvalue weighted by molar-refractivity contribution is -0.143. The first-order chi connectivity index (χ1) is 38.5. The maximum absolute atomic E-state index is 12.5. The molecular formula is C72H139NO5. The normalized spacial score (nSPS) is 12.6. The molecule has 0 rings (SSSR count). The fourth-order valence-electron chi connectivity index (χ4n) is 11.3. The zero-order chi connectivity index (χ0) is 56.4. The number of aliphatic hydroxyl groups is 2. The largest absolute Gasteiger partial charge is 0.466 e. The molecule has 3 N–H and O–H groups in total. The van der Waals surface area contributed by atoms with Gasteiger partial charge in [-0.05, 0) is 77.0 Å². The van der Waals surface area contributed by atoms with Crippen molar-refractivity contribution in [2.45, 2.75) is 411 Å². The quantitative estimate of drug-likeness (QED) is 0.0320. The molecule has 1 amide bonds. The summed E-state index contributed by atoms with van der Waals surface area (Å²) < 4.78 is 5.49. The Morgan fingerprint density at radius 1 is 0.346 bits per heavy atom. The first kappa shape index (κ1) is 76.3. The van der Waals surface area contributed by atoms with Crippen LogP contribution in [-0.4, -0.2) is 47.4 Å². The predicted octanol–water partition coefficient (Wildman–Crippen LogP) is 22.9. The van der Waals surface area contributed by atoms with Crippen molar-refractivity contribution in [2.24, 2.45) is 0 Å². The lowest BCUT2D eigenvalue weighted by atomic mass is 10.0. The molecule has 0 fully saturated rings. The first-order valence-electron chi connectivity index (χ1n) is 35.6. The third kappa shape index (κ3) is 63.5. The molecule has 0 saturated carbocycles. The maximum atomic E-state index is 12.5. The molecule has 0 radical (unpaired) electrons. The van der Waals surface area contributed by atoms with E-state index in [2.05, 4.69) is 43.5 Å². The number of amides is 1. The van der Waals surface area contributed by atoms with E-state index in [-0.39, 0.29) is 18.5 Å². The van der Waals surface area contributed by atoms with Gasteiger partial charge < -0.3 is 20.3 Å². The molecule has 0 aromatic heterocycles. The third-order valence-electron chi connectivity index (χ3n) is 16.7. The molecule has 78 heavy (non-hydrogen) atoms. The van der Waals surface area contributed by atoms with Gasteiger partial charge >= 0.3 is 5.97 Å². The van der Waals surface area contributed by atoms with E-state index in [1.165, 1.54) is 321 Å². The van der Waals surface area contributed by atoms with Gasteiger partial charge in [-0.3, -0.25) is 9.59 Å². The Balaban J connectivity index is 3.37. The molecule has 2 unspecified atom stereocenters. The van der Waals surface area contributed by atoms with Crippen LogP contribution >= 0.6 is 0 Å². The fourth-order valence-corrected chi connectivity index (χ4v) is 11.3. The number of hydrogen-bond acceptors (Lipinski definition) is 5. The number of rotatable bonds is 67. The molecule has 0 aliphatic heterocycles. The van der Waals surface area contributed by atoms with E-state index in [9.17, 15) is 19.8 Å². The van der Waals surface area contributed by atoms with Crippen LogP contribution in [0.4, 0.5) is 0 Å². The summed E-state index contributed by atoms with van der Waals surface area (Å²) in [6.45, 7) is 4.98. The summed E-state index contributed by atoms with van der Waals surface area (Å²) in [5.41, 5.74) is 0. The van der Waals surface area contributed by atoms with E-state index < -0.39 is 12.1 Å². The second kappa shape index (κ2) is 67.8. The minimum atomic E-state index is -0.665. The molecule has 2 atom stereocenters. The van der Waals surface area contributed by atoms with Crippen molar-refractivity contribution < 1.29 is 24.5 Å². The third-order valence-corrected chi connectivity index (χ3v) is 16.7. The summed E-state index contributed by atoms with van der Waals surface area (Å²) in [4.78, 5) is 24.6. The number of aliphatic hydroxyl groups excluding tert-OH is 2. The van der Waals surface area contributed by atoms with Gasteiger partial charge in [-0.2, -0.15) is 0 Å². The van der Waals surface area contributed by atoms with Crippen LogP contribution in [0.1, 0.15) is 399 Å². The van der Waals surface area contributed by atoms with Gasteiger partial charge in [0.25, 0.3) is 0 Å². The standard InChI is InChI=1S/C72H139NO5/c1-3-5-7-9-11-13-15-17-19-20-33-37-40-44-48-52-56-60-64-70(75)69(68-74)73-71(76)65-61-57-53-49-45-41-38-34-31-29-27-25-23-21-22-24-26-28-30-32-35-39-43-47-51-55-59-63-67-78-72(77)66-62-58-54-50-46-42-36-18-16-14-12-10-8-6-4-2/h18,21-22,36,69-70,74-75H,3-17,19-20,23-35,37-68H2,1-2H3,(H,73,76)/b22-21-,36-18-. The monoisotopic (exact) mass is 1100 g/mol. The van der Waals surface area contributed by atoms with Crippen LogP contribution in [-0.2, 0) is 14.3 Å². The van der Waals surface area contributed by atoms with Crippen LogP contribution in [0, 0.1) is 0 Å². The molecule has 0 aliphatic rings. The number of hydrogen-bond donors (Lipinski definition) is 3. The Bertz CT molecular complexity index is 1220. The summed E-state index contributed by atoms with van der Waals surface area (Å²) in [6.07, 6.45) is 85.1. The van der Waals surface area contributed by atoms with Gasteiger partial charge in [-0.1, -0.05) is 334 Å². The van der Waals surface area contributed by atoms with Crippen molar-refractivity contribution in [3.8, 4) is 0 Å². The van der Waals surface area contributed by atoms with Crippen molar-refractivity contribution >= 4 is 11.9 Å². The highest BCUT2D eigenvalue weighted by atomic mass is 16.5. The Morgan fingerprint density at radius 3 is 0.910 bits per heavy atom. The van der Waals surface area contributed by atoms with Gasteiger partial charge in [0.2, 0.25) is 5.91 Å².